The standard InChI is InChI=1S/C28H35N5O3/c1-28(2,3)36-27(35)32-15-13-23-22(18-32)21-10-11-24(29-26(21)30(23)4)33-17-16-31(19-25(33)34)14-12-20-8-6-5-7-9-20/h5-11H,12-19H2,1-4H3. The molecule has 8 nitrogen and oxygen atoms in total. The maximum atomic E-state index is 13.0. The Bertz CT molecular complexity index is 1280. The van der Waals surface area contributed by atoms with E-state index in [0.717, 1.165) is 42.5 Å². The molecule has 2 amide bonds. The van der Waals surface area contributed by atoms with Gasteiger partial charge < -0.3 is 14.2 Å². The summed E-state index contributed by atoms with van der Waals surface area (Å²) in [7, 11) is 2.02. The second-order valence-electron chi connectivity index (χ2n) is 10.7. The average Bonchev–Trinajstić information content (AvgIpc) is 3.13. The molecule has 0 radical (unpaired) electrons. The van der Waals surface area contributed by atoms with E-state index in [1.165, 1.54) is 11.3 Å². The number of anilines is 1. The fourth-order valence-corrected chi connectivity index (χ4v) is 5.14. The molecule has 2 aromatic heterocycles. The SMILES string of the molecule is Cn1c2c(c3ccc(N4CCN(CCc5ccccc5)CC4=O)nc31)CN(C(=O)OC(C)(C)C)CC2. The van der Waals surface area contributed by atoms with Crippen LogP contribution in [0.15, 0.2) is 42.5 Å². The van der Waals surface area contributed by atoms with E-state index in [1.54, 1.807) is 9.80 Å². The number of nitrogens with zero attached hydrogens (tertiary/aromatic N) is 5. The highest BCUT2D eigenvalue weighted by atomic mass is 16.6. The van der Waals surface area contributed by atoms with Gasteiger partial charge in [0, 0.05) is 56.3 Å². The first-order chi connectivity index (χ1) is 17.2. The van der Waals surface area contributed by atoms with E-state index in [1.807, 2.05) is 46.0 Å². The number of piperazine rings is 1. The van der Waals surface area contributed by atoms with Crippen LogP contribution in [0.2, 0.25) is 0 Å². The van der Waals surface area contributed by atoms with Gasteiger partial charge in [-0.25, -0.2) is 9.78 Å². The lowest BCUT2D eigenvalue weighted by Crippen LogP contribution is -2.51. The molecule has 3 aromatic rings. The molecule has 2 aliphatic rings. The van der Waals surface area contributed by atoms with Gasteiger partial charge in [-0.15, -0.1) is 0 Å². The first kappa shape index (κ1) is 24.3. The van der Waals surface area contributed by atoms with Crippen molar-refractivity contribution in [3.63, 3.8) is 0 Å². The highest BCUT2D eigenvalue weighted by molar-refractivity contribution is 5.96. The molecule has 2 aliphatic heterocycles. The van der Waals surface area contributed by atoms with E-state index in [-0.39, 0.29) is 12.0 Å². The number of carbonyl (C=O) groups is 2. The zero-order valence-electron chi connectivity index (χ0n) is 21.7. The average molecular weight is 490 g/mol. The van der Waals surface area contributed by atoms with Crippen molar-refractivity contribution in [1.29, 1.82) is 0 Å². The van der Waals surface area contributed by atoms with Gasteiger partial charge >= 0.3 is 6.09 Å². The number of rotatable bonds is 4. The highest BCUT2D eigenvalue weighted by Crippen LogP contribution is 2.31. The van der Waals surface area contributed by atoms with E-state index >= 15 is 0 Å². The minimum absolute atomic E-state index is 0.0798. The highest BCUT2D eigenvalue weighted by Gasteiger charge is 2.30. The fourth-order valence-electron chi connectivity index (χ4n) is 5.14. The predicted molar refractivity (Wildman–Crippen MR) is 140 cm³/mol. The van der Waals surface area contributed by atoms with Gasteiger partial charge in [-0.1, -0.05) is 30.3 Å². The lowest BCUT2D eigenvalue weighted by atomic mass is 10.1. The van der Waals surface area contributed by atoms with Gasteiger partial charge in [0.1, 0.15) is 17.1 Å². The molecular formula is C28H35N5O3. The zero-order chi connectivity index (χ0) is 25.4. The van der Waals surface area contributed by atoms with Crippen molar-refractivity contribution in [2.75, 3.05) is 37.6 Å². The summed E-state index contributed by atoms with van der Waals surface area (Å²) in [5.74, 6) is 0.772. The van der Waals surface area contributed by atoms with Gasteiger partial charge in [-0.3, -0.25) is 14.6 Å². The van der Waals surface area contributed by atoms with E-state index in [2.05, 4.69) is 33.7 Å². The van der Waals surface area contributed by atoms with E-state index in [0.29, 0.717) is 32.0 Å². The summed E-state index contributed by atoms with van der Waals surface area (Å²) in [6.45, 7) is 9.49. The van der Waals surface area contributed by atoms with Crippen LogP contribution in [-0.4, -0.2) is 69.7 Å². The van der Waals surface area contributed by atoms with Crippen LogP contribution in [0.3, 0.4) is 0 Å². The molecule has 4 heterocycles. The van der Waals surface area contributed by atoms with E-state index < -0.39 is 5.60 Å². The van der Waals surface area contributed by atoms with Gasteiger partial charge in [0.15, 0.2) is 0 Å². The van der Waals surface area contributed by atoms with E-state index in [9.17, 15) is 9.59 Å². The Morgan fingerprint density at radius 2 is 1.81 bits per heavy atom. The smallest absolute Gasteiger partial charge is 0.410 e. The summed E-state index contributed by atoms with van der Waals surface area (Å²) in [5, 5.41) is 1.03. The number of aromatic nitrogens is 2. The third-order valence-electron chi connectivity index (χ3n) is 7.01. The largest absolute Gasteiger partial charge is 0.444 e. The number of carbonyl (C=O) groups excluding carboxylic acids is 2. The molecule has 0 atom stereocenters. The Kier molecular flexibility index (Phi) is 6.47. The van der Waals surface area contributed by atoms with Crippen LogP contribution >= 0.6 is 0 Å². The van der Waals surface area contributed by atoms with Crippen LogP contribution in [0.1, 0.15) is 37.6 Å². The Labute approximate surface area is 212 Å². The fraction of sp³-hybridized carbons (Fsp3) is 0.464. The van der Waals surface area contributed by atoms with Gasteiger partial charge in [0.2, 0.25) is 5.91 Å². The van der Waals surface area contributed by atoms with Crippen LogP contribution in [0.5, 0.6) is 0 Å². The molecule has 0 unspecified atom stereocenters. The lowest BCUT2D eigenvalue weighted by Gasteiger charge is -2.33. The molecule has 190 valence electrons. The summed E-state index contributed by atoms with van der Waals surface area (Å²) in [4.78, 5) is 36.4. The van der Waals surface area contributed by atoms with Crippen molar-refractivity contribution in [3.8, 4) is 0 Å². The van der Waals surface area contributed by atoms with Crippen LogP contribution in [0.4, 0.5) is 10.6 Å². The first-order valence-corrected chi connectivity index (χ1v) is 12.7. The minimum Gasteiger partial charge on any atom is -0.444 e. The zero-order valence-corrected chi connectivity index (χ0v) is 21.7. The number of amides is 2. The van der Waals surface area contributed by atoms with E-state index in [4.69, 9.17) is 9.72 Å². The molecule has 0 spiro atoms. The van der Waals surface area contributed by atoms with Crippen molar-refractivity contribution < 1.29 is 14.3 Å². The number of hydrogen-bond acceptors (Lipinski definition) is 5. The first-order valence-electron chi connectivity index (χ1n) is 12.7. The molecule has 0 bridgehead atoms. The quantitative estimate of drug-likeness (QED) is 0.558. The third-order valence-corrected chi connectivity index (χ3v) is 7.01. The summed E-state index contributed by atoms with van der Waals surface area (Å²) < 4.78 is 7.70. The number of pyridine rings is 1. The predicted octanol–water partition coefficient (Wildman–Crippen LogP) is 3.76. The van der Waals surface area contributed by atoms with Gasteiger partial charge in [-0.05, 0) is 44.9 Å². The van der Waals surface area contributed by atoms with Crippen molar-refractivity contribution in [2.45, 2.75) is 45.8 Å². The Morgan fingerprint density at radius 3 is 2.53 bits per heavy atom. The summed E-state index contributed by atoms with van der Waals surface area (Å²) >= 11 is 0. The Balaban J connectivity index is 1.29. The number of ether oxygens (including phenoxy) is 1. The monoisotopic (exact) mass is 489 g/mol. The number of hydrogen-bond donors (Lipinski definition) is 0. The lowest BCUT2D eigenvalue weighted by molar-refractivity contribution is -0.121. The molecule has 36 heavy (non-hydrogen) atoms. The molecule has 0 N–H and O–H groups in total. The Hall–Kier alpha value is -3.39. The summed E-state index contributed by atoms with van der Waals surface area (Å²) in [6, 6.07) is 14.4. The second kappa shape index (κ2) is 9.58. The van der Waals surface area contributed by atoms with Crippen LogP contribution in [0, 0.1) is 0 Å². The minimum atomic E-state index is -0.523. The van der Waals surface area contributed by atoms with Gasteiger partial charge in [0.25, 0.3) is 0 Å². The van der Waals surface area contributed by atoms with Gasteiger partial charge in [-0.2, -0.15) is 0 Å². The maximum absolute atomic E-state index is 13.0. The topological polar surface area (TPSA) is 70.9 Å². The van der Waals surface area contributed by atoms with Crippen LogP contribution < -0.4 is 4.90 Å². The summed E-state index contributed by atoms with van der Waals surface area (Å²) in [5.41, 5.74) is 3.91. The molecule has 1 saturated heterocycles. The number of fused-ring (bicyclic) bond motifs is 3. The third kappa shape index (κ3) is 4.95. The van der Waals surface area contributed by atoms with Crippen LogP contribution in [-0.2, 0) is 36.0 Å². The Morgan fingerprint density at radius 1 is 1.03 bits per heavy atom. The number of aryl methyl sites for hydroxylation is 1. The van der Waals surface area contributed by atoms with Crippen molar-refractivity contribution in [3.05, 3.63) is 59.3 Å². The summed E-state index contributed by atoms with van der Waals surface area (Å²) in [6.07, 6.45) is 1.40. The maximum Gasteiger partial charge on any atom is 0.410 e. The molecule has 8 heteroatoms. The molecule has 1 aromatic carbocycles. The molecule has 1 fully saturated rings. The van der Waals surface area contributed by atoms with Crippen molar-refractivity contribution >= 4 is 28.9 Å². The molecule has 5 rings (SSSR count). The molecule has 0 saturated carbocycles. The van der Waals surface area contributed by atoms with Crippen molar-refractivity contribution in [2.24, 2.45) is 7.05 Å². The van der Waals surface area contributed by atoms with Gasteiger partial charge in [0.05, 0.1) is 13.1 Å². The van der Waals surface area contributed by atoms with Crippen LogP contribution in [0.25, 0.3) is 11.0 Å². The molecular weight excluding hydrogens is 454 g/mol. The normalized spacial score (nSPS) is 16.9. The number of benzene rings is 1. The van der Waals surface area contributed by atoms with Crippen molar-refractivity contribution in [1.82, 2.24) is 19.4 Å². The molecule has 0 aliphatic carbocycles. The second-order valence-corrected chi connectivity index (χ2v) is 10.7.